The zero-order valence-corrected chi connectivity index (χ0v) is 16.8. The quantitative estimate of drug-likeness (QED) is 0.671. The van der Waals surface area contributed by atoms with E-state index in [-0.39, 0.29) is 0 Å². The third-order valence-electron chi connectivity index (χ3n) is 5.17. The number of hydrogen-bond acceptors (Lipinski definition) is 7. The summed E-state index contributed by atoms with van der Waals surface area (Å²) in [6, 6.07) is 5.93. The highest BCUT2D eigenvalue weighted by molar-refractivity contribution is 7.17. The largest absolute Gasteiger partial charge is 0.497 e. The standard InChI is InChI=1S/C20H24N4O2S/c1-4-23-7-9-24(10-8-23)19-18-16(12-27-20(18)22-13-21-19)15-6-5-14(25-2)11-17(15)26-3/h5-6,11-13H,4,7-10H2,1-3H3. The van der Waals surface area contributed by atoms with Crippen LogP contribution in [0.4, 0.5) is 5.82 Å². The van der Waals surface area contributed by atoms with E-state index in [2.05, 4.69) is 32.1 Å². The van der Waals surface area contributed by atoms with E-state index in [1.165, 1.54) is 0 Å². The van der Waals surface area contributed by atoms with E-state index in [0.29, 0.717) is 0 Å². The van der Waals surface area contributed by atoms with Gasteiger partial charge < -0.3 is 19.3 Å². The molecule has 0 bridgehead atoms. The van der Waals surface area contributed by atoms with Gasteiger partial charge in [0.15, 0.2) is 0 Å². The number of thiophene rings is 1. The number of methoxy groups -OCH3 is 2. The minimum atomic E-state index is 0.780. The van der Waals surface area contributed by atoms with Gasteiger partial charge in [0, 0.05) is 48.8 Å². The van der Waals surface area contributed by atoms with Crippen molar-refractivity contribution in [1.82, 2.24) is 14.9 Å². The Morgan fingerprint density at radius 2 is 1.85 bits per heavy atom. The second-order valence-electron chi connectivity index (χ2n) is 6.51. The van der Waals surface area contributed by atoms with Crippen molar-refractivity contribution in [2.75, 3.05) is 51.8 Å². The molecule has 1 fully saturated rings. The zero-order chi connectivity index (χ0) is 18.8. The average molecular weight is 385 g/mol. The van der Waals surface area contributed by atoms with Gasteiger partial charge in [-0.15, -0.1) is 11.3 Å². The summed E-state index contributed by atoms with van der Waals surface area (Å²) in [5.74, 6) is 2.59. The van der Waals surface area contributed by atoms with E-state index in [4.69, 9.17) is 9.47 Å². The highest BCUT2D eigenvalue weighted by Gasteiger charge is 2.23. The summed E-state index contributed by atoms with van der Waals surface area (Å²) in [5.41, 5.74) is 2.15. The van der Waals surface area contributed by atoms with Crippen molar-refractivity contribution in [3.8, 4) is 22.6 Å². The Balaban J connectivity index is 1.80. The van der Waals surface area contributed by atoms with Crippen molar-refractivity contribution in [2.24, 2.45) is 0 Å². The fraction of sp³-hybridized carbons (Fsp3) is 0.400. The molecule has 0 N–H and O–H groups in total. The van der Waals surface area contributed by atoms with Gasteiger partial charge in [0.1, 0.15) is 28.5 Å². The summed E-state index contributed by atoms with van der Waals surface area (Å²) in [7, 11) is 3.35. The predicted octanol–water partition coefficient (Wildman–Crippen LogP) is 3.52. The smallest absolute Gasteiger partial charge is 0.141 e. The molecule has 2 aromatic heterocycles. The third-order valence-corrected chi connectivity index (χ3v) is 6.05. The summed E-state index contributed by atoms with van der Waals surface area (Å²) in [4.78, 5) is 15.0. The molecule has 0 radical (unpaired) electrons. The maximum atomic E-state index is 5.64. The molecule has 0 aliphatic carbocycles. The van der Waals surface area contributed by atoms with Gasteiger partial charge in [-0.25, -0.2) is 9.97 Å². The second kappa shape index (κ2) is 7.70. The lowest BCUT2D eigenvalue weighted by molar-refractivity contribution is 0.271. The third kappa shape index (κ3) is 3.33. The van der Waals surface area contributed by atoms with Crippen molar-refractivity contribution in [3.63, 3.8) is 0 Å². The van der Waals surface area contributed by atoms with E-state index in [0.717, 1.165) is 71.4 Å². The lowest BCUT2D eigenvalue weighted by Crippen LogP contribution is -2.46. The number of aromatic nitrogens is 2. The summed E-state index contributed by atoms with van der Waals surface area (Å²) >= 11 is 1.65. The molecular formula is C20H24N4O2S. The van der Waals surface area contributed by atoms with Crippen LogP contribution in [0.1, 0.15) is 6.92 Å². The molecule has 0 amide bonds. The molecule has 1 aromatic carbocycles. The first-order valence-electron chi connectivity index (χ1n) is 9.17. The van der Waals surface area contributed by atoms with Gasteiger partial charge in [-0.2, -0.15) is 0 Å². The van der Waals surface area contributed by atoms with E-state index >= 15 is 0 Å². The molecule has 142 valence electrons. The highest BCUT2D eigenvalue weighted by Crippen LogP contribution is 2.42. The SMILES string of the molecule is CCN1CCN(c2ncnc3scc(-c4ccc(OC)cc4OC)c23)CC1. The normalized spacial score (nSPS) is 15.3. The van der Waals surface area contributed by atoms with E-state index in [9.17, 15) is 0 Å². The van der Waals surface area contributed by atoms with Gasteiger partial charge >= 0.3 is 0 Å². The van der Waals surface area contributed by atoms with Crippen molar-refractivity contribution in [1.29, 1.82) is 0 Å². The number of likely N-dealkylation sites (N-methyl/N-ethyl adjacent to an activating group) is 1. The van der Waals surface area contributed by atoms with E-state index in [1.54, 1.807) is 31.9 Å². The van der Waals surface area contributed by atoms with E-state index in [1.807, 2.05) is 18.2 Å². The number of fused-ring (bicyclic) bond motifs is 1. The van der Waals surface area contributed by atoms with Crippen LogP contribution in [0.15, 0.2) is 29.9 Å². The molecule has 4 rings (SSSR count). The molecular weight excluding hydrogens is 360 g/mol. The Kier molecular flexibility index (Phi) is 5.13. The van der Waals surface area contributed by atoms with Crippen LogP contribution < -0.4 is 14.4 Å². The van der Waals surface area contributed by atoms with Crippen LogP contribution in [0.25, 0.3) is 21.3 Å². The maximum Gasteiger partial charge on any atom is 0.141 e. The minimum Gasteiger partial charge on any atom is -0.497 e. The minimum absolute atomic E-state index is 0.780. The van der Waals surface area contributed by atoms with Crippen LogP contribution in [0.5, 0.6) is 11.5 Å². The van der Waals surface area contributed by atoms with Crippen molar-refractivity contribution in [2.45, 2.75) is 6.92 Å². The first-order chi connectivity index (χ1) is 13.2. The predicted molar refractivity (Wildman–Crippen MR) is 110 cm³/mol. The van der Waals surface area contributed by atoms with Crippen LogP contribution in [-0.4, -0.2) is 61.8 Å². The molecule has 27 heavy (non-hydrogen) atoms. The molecule has 1 aliphatic rings. The van der Waals surface area contributed by atoms with Gasteiger partial charge in [0.05, 0.1) is 19.6 Å². The topological polar surface area (TPSA) is 50.7 Å². The molecule has 0 saturated carbocycles. The average Bonchev–Trinajstić information content (AvgIpc) is 3.17. The molecule has 1 saturated heterocycles. The Morgan fingerprint density at radius 1 is 1.04 bits per heavy atom. The molecule has 6 nitrogen and oxygen atoms in total. The Hall–Kier alpha value is -2.38. The van der Waals surface area contributed by atoms with Gasteiger partial charge in [0.25, 0.3) is 0 Å². The second-order valence-corrected chi connectivity index (χ2v) is 7.37. The van der Waals surface area contributed by atoms with Crippen LogP contribution in [0.3, 0.4) is 0 Å². The number of hydrogen-bond donors (Lipinski definition) is 0. The molecule has 3 aromatic rings. The Morgan fingerprint density at radius 3 is 2.56 bits per heavy atom. The first kappa shape index (κ1) is 18.0. The number of nitrogens with zero attached hydrogens (tertiary/aromatic N) is 4. The van der Waals surface area contributed by atoms with Gasteiger partial charge in [0.2, 0.25) is 0 Å². The fourth-order valence-corrected chi connectivity index (χ4v) is 4.50. The molecule has 3 heterocycles. The van der Waals surface area contributed by atoms with Gasteiger partial charge in [-0.3, -0.25) is 0 Å². The number of anilines is 1. The number of rotatable bonds is 5. The molecule has 1 aliphatic heterocycles. The van der Waals surface area contributed by atoms with Gasteiger partial charge in [-0.1, -0.05) is 6.92 Å². The highest BCUT2D eigenvalue weighted by atomic mass is 32.1. The van der Waals surface area contributed by atoms with Crippen molar-refractivity contribution < 1.29 is 9.47 Å². The summed E-state index contributed by atoms with van der Waals surface area (Å²) in [5, 5.41) is 3.26. The summed E-state index contributed by atoms with van der Waals surface area (Å²) in [6.45, 7) is 7.40. The Bertz CT molecular complexity index is 935. The van der Waals surface area contributed by atoms with Crippen LogP contribution in [0, 0.1) is 0 Å². The lowest BCUT2D eigenvalue weighted by atomic mass is 10.0. The Labute approximate surface area is 163 Å². The van der Waals surface area contributed by atoms with Crippen LogP contribution in [0.2, 0.25) is 0 Å². The van der Waals surface area contributed by atoms with E-state index < -0.39 is 0 Å². The monoisotopic (exact) mass is 384 g/mol. The van der Waals surface area contributed by atoms with Gasteiger partial charge in [-0.05, 0) is 18.7 Å². The summed E-state index contributed by atoms with van der Waals surface area (Å²) in [6.07, 6.45) is 1.68. The fourth-order valence-electron chi connectivity index (χ4n) is 3.59. The van der Waals surface area contributed by atoms with Crippen LogP contribution in [-0.2, 0) is 0 Å². The van der Waals surface area contributed by atoms with Crippen molar-refractivity contribution >= 4 is 27.4 Å². The molecule has 7 heteroatoms. The maximum absolute atomic E-state index is 5.64. The zero-order valence-electron chi connectivity index (χ0n) is 15.9. The molecule has 0 spiro atoms. The molecule has 0 unspecified atom stereocenters. The number of piperazine rings is 1. The molecule has 0 atom stereocenters. The first-order valence-corrected chi connectivity index (χ1v) is 10.0. The summed E-state index contributed by atoms with van der Waals surface area (Å²) < 4.78 is 11.0. The number of benzene rings is 1. The van der Waals surface area contributed by atoms with Crippen LogP contribution >= 0.6 is 11.3 Å². The lowest BCUT2D eigenvalue weighted by Gasteiger charge is -2.35. The van der Waals surface area contributed by atoms with Crippen molar-refractivity contribution in [3.05, 3.63) is 29.9 Å². The number of ether oxygens (including phenoxy) is 2.